The van der Waals surface area contributed by atoms with Crippen molar-refractivity contribution < 1.29 is 29.0 Å². The van der Waals surface area contributed by atoms with Gasteiger partial charge in [-0.05, 0) is 73.6 Å². The number of aliphatic carboxylic acids is 1. The summed E-state index contributed by atoms with van der Waals surface area (Å²) in [4.78, 5) is 71.6. The quantitative estimate of drug-likeness (QED) is 0.268. The van der Waals surface area contributed by atoms with Gasteiger partial charge in [-0.1, -0.05) is 18.9 Å². The number of carboxylic acids is 1. The Morgan fingerprint density at radius 2 is 2.00 bits per heavy atom. The number of aromatic nitrogens is 2. The van der Waals surface area contributed by atoms with Crippen LogP contribution < -0.4 is 26.2 Å². The maximum absolute atomic E-state index is 13.4. The lowest BCUT2D eigenvalue weighted by atomic mass is 9.58. The Labute approximate surface area is 256 Å². The van der Waals surface area contributed by atoms with Crippen LogP contribution in [0, 0.1) is 17.3 Å². The van der Waals surface area contributed by atoms with E-state index in [-0.39, 0.29) is 36.7 Å². The molecule has 5 N–H and O–H groups in total. The molecule has 2 fully saturated rings. The van der Waals surface area contributed by atoms with Crippen molar-refractivity contribution in [2.24, 2.45) is 17.3 Å². The van der Waals surface area contributed by atoms with E-state index < -0.39 is 28.8 Å². The van der Waals surface area contributed by atoms with E-state index in [0.717, 1.165) is 36.1 Å². The number of rotatable bonds is 7. The summed E-state index contributed by atoms with van der Waals surface area (Å²) >= 11 is 1.34. The predicted molar refractivity (Wildman–Crippen MR) is 161 cm³/mol. The second-order valence-corrected chi connectivity index (χ2v) is 13.5. The van der Waals surface area contributed by atoms with Crippen LogP contribution in [0.2, 0.25) is 0 Å². The molecule has 0 saturated heterocycles. The van der Waals surface area contributed by atoms with Gasteiger partial charge in [0.25, 0.3) is 17.4 Å². The number of aromatic amines is 1. The Kier molecular flexibility index (Phi) is 7.14. The summed E-state index contributed by atoms with van der Waals surface area (Å²) in [5.41, 5.74) is 0.908. The third kappa shape index (κ3) is 5.02. The first kappa shape index (κ1) is 28.5. The number of fused-ring (bicyclic) bond motifs is 6. The average molecular weight is 620 g/mol. The molecule has 4 aliphatic rings. The molecule has 3 heterocycles. The van der Waals surface area contributed by atoms with Crippen molar-refractivity contribution in [2.75, 3.05) is 18.5 Å². The number of benzene rings is 1. The maximum Gasteiger partial charge on any atom is 0.309 e. The second kappa shape index (κ2) is 11.0. The Hall–Kier alpha value is -4.26. The molecule has 0 radical (unpaired) electrons. The summed E-state index contributed by atoms with van der Waals surface area (Å²) in [6.45, 7) is 0.613. The van der Waals surface area contributed by atoms with Crippen molar-refractivity contribution in [1.82, 2.24) is 20.6 Å². The first-order valence-electron chi connectivity index (χ1n) is 15.1. The first-order valence-corrected chi connectivity index (χ1v) is 15.9. The van der Waals surface area contributed by atoms with Gasteiger partial charge >= 0.3 is 5.97 Å². The second-order valence-electron chi connectivity index (χ2n) is 12.5. The molecule has 2 bridgehead atoms. The standard InChI is InChI=1S/C31H33N5O7S/c37-22-14-43-20-5-3-15(10-19(20)34-22)12-32-28(40)25-35-27(39)24-23-18(4-6-21(23)44-29(24)36-25)26(38)33-13-17-7-9-31(30(41)42)8-1-2-16(17)11-31/h3,5,10,16-18H,1-2,4,6-9,11-14H2,(H,32,40)(H,33,38)(H,34,37)(H,41,42)(H,35,36,39). The summed E-state index contributed by atoms with van der Waals surface area (Å²) in [7, 11) is 0. The first-order chi connectivity index (χ1) is 21.2. The SMILES string of the molecule is O=C1COc2ccc(CNC(=O)c3nc4sc5c(c4c(=O)[nH]3)C(C(=O)NCC3CCC4(C(=O)O)CCCC3C4)CC5)cc2N1. The lowest BCUT2D eigenvalue weighted by Crippen LogP contribution is -2.46. The van der Waals surface area contributed by atoms with Crippen LogP contribution in [0.1, 0.15) is 77.5 Å². The number of carbonyl (C=O) groups is 4. The molecule has 4 unspecified atom stereocenters. The van der Waals surface area contributed by atoms with Crippen LogP contribution in [0.3, 0.4) is 0 Å². The van der Waals surface area contributed by atoms with Crippen molar-refractivity contribution in [3.8, 4) is 5.75 Å². The highest BCUT2D eigenvalue weighted by Crippen LogP contribution is 2.51. The molecule has 3 amide bonds. The number of anilines is 1. The highest BCUT2D eigenvalue weighted by Gasteiger charge is 2.48. The number of amides is 3. The van der Waals surface area contributed by atoms with Gasteiger partial charge in [-0.2, -0.15) is 0 Å². The number of aryl methyl sites for hydroxylation is 1. The van der Waals surface area contributed by atoms with E-state index in [1.54, 1.807) is 18.2 Å². The molecule has 1 aliphatic heterocycles. The summed E-state index contributed by atoms with van der Waals surface area (Å²) in [6.07, 6.45) is 6.03. The fourth-order valence-corrected chi connectivity index (χ4v) is 8.83. The molecule has 4 atom stereocenters. The van der Waals surface area contributed by atoms with Gasteiger partial charge in [0.2, 0.25) is 11.7 Å². The van der Waals surface area contributed by atoms with E-state index in [0.29, 0.717) is 65.4 Å². The number of H-pyrrole nitrogens is 1. The van der Waals surface area contributed by atoms with Crippen LogP contribution in [-0.4, -0.2) is 51.9 Å². The summed E-state index contributed by atoms with van der Waals surface area (Å²) < 4.78 is 5.36. The molecule has 230 valence electrons. The normalized spacial score (nSPS) is 25.4. The Morgan fingerprint density at radius 1 is 1.14 bits per heavy atom. The van der Waals surface area contributed by atoms with Crippen molar-refractivity contribution in [1.29, 1.82) is 0 Å². The lowest BCUT2D eigenvalue weighted by Gasteiger charge is -2.46. The fraction of sp³-hybridized carbons (Fsp3) is 0.484. The third-order valence-electron chi connectivity index (χ3n) is 9.88. The van der Waals surface area contributed by atoms with E-state index in [1.165, 1.54) is 11.3 Å². The molecule has 2 saturated carbocycles. The van der Waals surface area contributed by atoms with Gasteiger partial charge in [0.05, 0.1) is 22.4 Å². The maximum atomic E-state index is 13.4. The molecular formula is C31H33N5O7S. The monoisotopic (exact) mass is 619 g/mol. The number of carbonyl (C=O) groups excluding carboxylic acids is 3. The Balaban J connectivity index is 1.02. The fourth-order valence-electron chi connectivity index (χ4n) is 7.59. The molecule has 44 heavy (non-hydrogen) atoms. The minimum atomic E-state index is -0.687. The average Bonchev–Trinajstić information content (AvgIpc) is 3.58. The largest absolute Gasteiger partial charge is 0.482 e. The number of nitrogens with one attached hydrogen (secondary N) is 4. The summed E-state index contributed by atoms with van der Waals surface area (Å²) in [6, 6.07) is 5.21. The predicted octanol–water partition coefficient (Wildman–Crippen LogP) is 3.06. The van der Waals surface area contributed by atoms with Crippen LogP contribution in [0.4, 0.5) is 5.69 Å². The molecule has 3 aliphatic carbocycles. The summed E-state index contributed by atoms with van der Waals surface area (Å²) in [5.74, 6) is -1.08. The Bertz CT molecular complexity index is 1770. The highest BCUT2D eigenvalue weighted by molar-refractivity contribution is 7.18. The molecule has 2 aromatic heterocycles. The number of nitrogens with zero attached hydrogens (tertiary/aromatic N) is 1. The third-order valence-corrected chi connectivity index (χ3v) is 11.0. The van der Waals surface area contributed by atoms with Crippen molar-refractivity contribution >= 4 is 50.9 Å². The zero-order chi connectivity index (χ0) is 30.6. The lowest BCUT2D eigenvalue weighted by molar-refractivity contribution is -0.156. The van der Waals surface area contributed by atoms with Gasteiger partial charge in [-0.3, -0.25) is 24.0 Å². The van der Waals surface area contributed by atoms with Gasteiger partial charge in [-0.15, -0.1) is 11.3 Å². The van der Waals surface area contributed by atoms with Gasteiger partial charge in [0.1, 0.15) is 10.6 Å². The van der Waals surface area contributed by atoms with Gasteiger partial charge < -0.3 is 30.8 Å². The van der Waals surface area contributed by atoms with Crippen LogP contribution in [0.15, 0.2) is 23.0 Å². The van der Waals surface area contributed by atoms with Crippen LogP contribution >= 0.6 is 11.3 Å². The number of hydrogen-bond acceptors (Lipinski definition) is 8. The Morgan fingerprint density at radius 3 is 2.84 bits per heavy atom. The number of ether oxygens (including phenoxy) is 1. The molecule has 3 aromatic rings. The molecule has 0 spiro atoms. The topological polar surface area (TPSA) is 180 Å². The van der Waals surface area contributed by atoms with Gasteiger partial charge in [0, 0.05) is 18.0 Å². The molecule has 1 aromatic carbocycles. The van der Waals surface area contributed by atoms with E-state index in [1.807, 2.05) is 0 Å². The molecule has 7 rings (SSSR count). The number of carboxylic acid groups (broad SMARTS) is 1. The van der Waals surface area contributed by atoms with Crippen molar-refractivity contribution in [3.63, 3.8) is 0 Å². The molecule has 12 nitrogen and oxygen atoms in total. The van der Waals surface area contributed by atoms with Crippen molar-refractivity contribution in [3.05, 3.63) is 50.4 Å². The molecule has 13 heteroatoms. The van der Waals surface area contributed by atoms with Gasteiger partial charge in [0.15, 0.2) is 6.61 Å². The summed E-state index contributed by atoms with van der Waals surface area (Å²) in [5, 5.41) is 18.8. The van der Waals surface area contributed by atoms with Crippen molar-refractivity contribution in [2.45, 2.75) is 63.8 Å². The number of hydrogen-bond donors (Lipinski definition) is 5. The van der Waals surface area contributed by atoms with E-state index in [4.69, 9.17) is 4.74 Å². The zero-order valence-corrected chi connectivity index (χ0v) is 24.8. The van der Waals surface area contributed by atoms with Crippen LogP contribution in [0.5, 0.6) is 5.75 Å². The van der Waals surface area contributed by atoms with Gasteiger partial charge in [-0.25, -0.2) is 4.98 Å². The van der Waals surface area contributed by atoms with E-state index in [9.17, 15) is 29.1 Å². The molecular weight excluding hydrogens is 586 g/mol. The van der Waals surface area contributed by atoms with Crippen LogP contribution in [-0.2, 0) is 27.3 Å². The minimum Gasteiger partial charge on any atom is -0.482 e. The minimum absolute atomic E-state index is 0.0419. The van der Waals surface area contributed by atoms with Crippen LogP contribution in [0.25, 0.3) is 10.2 Å². The highest BCUT2D eigenvalue weighted by atomic mass is 32.1. The zero-order valence-electron chi connectivity index (χ0n) is 24.0. The van der Waals surface area contributed by atoms with E-state index in [2.05, 4.69) is 25.9 Å². The number of thiophene rings is 1. The van der Waals surface area contributed by atoms with E-state index >= 15 is 0 Å². The smallest absolute Gasteiger partial charge is 0.309 e.